The molecule has 1 aromatic heterocycles. The van der Waals surface area contributed by atoms with Gasteiger partial charge in [-0.05, 0) is 46.9 Å². The van der Waals surface area contributed by atoms with Crippen LogP contribution in [0.5, 0.6) is 0 Å². The minimum absolute atomic E-state index is 0.451. The average Bonchev–Trinajstić information content (AvgIpc) is 2.05. The lowest BCUT2D eigenvalue weighted by molar-refractivity contribution is 0.669. The Morgan fingerprint density at radius 1 is 1.58 bits per heavy atom. The molecule has 3 heteroatoms. The predicted octanol–water partition coefficient (Wildman–Crippen LogP) is 2.30. The third-order valence-corrected chi connectivity index (χ3v) is 2.28. The highest BCUT2D eigenvalue weighted by molar-refractivity contribution is 9.10. The Bertz CT molecular complexity index is 250. The van der Waals surface area contributed by atoms with Crippen molar-refractivity contribution in [2.24, 2.45) is 5.73 Å². The molecule has 1 unspecified atom stereocenters. The number of aromatic nitrogens is 1. The van der Waals surface area contributed by atoms with Gasteiger partial charge in [-0.3, -0.25) is 0 Å². The van der Waals surface area contributed by atoms with Crippen LogP contribution in [0, 0.1) is 0 Å². The van der Waals surface area contributed by atoms with Crippen molar-refractivity contribution in [1.29, 1.82) is 0 Å². The van der Waals surface area contributed by atoms with Crippen LogP contribution in [-0.2, 0) is 0 Å². The number of rotatable bonds is 3. The predicted molar refractivity (Wildman–Crippen MR) is 54.0 cm³/mol. The van der Waals surface area contributed by atoms with Crippen LogP contribution in [0.2, 0.25) is 0 Å². The quantitative estimate of drug-likeness (QED) is 0.807. The number of pyridine rings is 1. The van der Waals surface area contributed by atoms with E-state index >= 15 is 0 Å². The summed E-state index contributed by atoms with van der Waals surface area (Å²) >= 11 is 3.34. The summed E-state index contributed by atoms with van der Waals surface area (Å²) in [6.45, 7) is 2.86. The molecular weight excluding hydrogens is 216 g/mol. The van der Waals surface area contributed by atoms with Gasteiger partial charge in [0.05, 0.1) is 0 Å². The van der Waals surface area contributed by atoms with Crippen molar-refractivity contribution in [3.05, 3.63) is 28.5 Å². The highest BCUT2D eigenvalue weighted by Crippen LogP contribution is 2.17. The second-order valence-corrected chi connectivity index (χ2v) is 3.68. The first-order valence-electron chi connectivity index (χ1n) is 4.06. The van der Waals surface area contributed by atoms with Gasteiger partial charge in [-0.1, -0.05) is 13.0 Å². The summed E-state index contributed by atoms with van der Waals surface area (Å²) in [7, 11) is 0. The van der Waals surface area contributed by atoms with Gasteiger partial charge in [-0.15, -0.1) is 0 Å². The summed E-state index contributed by atoms with van der Waals surface area (Å²) in [5, 5.41) is 0. The van der Waals surface area contributed by atoms with Crippen molar-refractivity contribution in [2.45, 2.75) is 19.3 Å². The zero-order valence-corrected chi connectivity index (χ0v) is 8.71. The van der Waals surface area contributed by atoms with Crippen LogP contribution in [0.15, 0.2) is 22.8 Å². The molecule has 0 saturated heterocycles. The summed E-state index contributed by atoms with van der Waals surface area (Å²) in [5.74, 6) is 0.451. The van der Waals surface area contributed by atoms with Crippen LogP contribution >= 0.6 is 15.9 Å². The van der Waals surface area contributed by atoms with E-state index in [-0.39, 0.29) is 0 Å². The summed E-state index contributed by atoms with van der Waals surface area (Å²) in [5.41, 5.74) is 6.57. The van der Waals surface area contributed by atoms with E-state index in [9.17, 15) is 0 Å². The Morgan fingerprint density at radius 3 is 2.92 bits per heavy atom. The monoisotopic (exact) mass is 228 g/mol. The Kier molecular flexibility index (Phi) is 3.69. The van der Waals surface area contributed by atoms with Crippen LogP contribution in [0.3, 0.4) is 0 Å². The van der Waals surface area contributed by atoms with Crippen molar-refractivity contribution < 1.29 is 0 Å². The molecule has 1 atom stereocenters. The molecule has 0 bridgehead atoms. The van der Waals surface area contributed by atoms with Crippen molar-refractivity contribution in [1.82, 2.24) is 4.98 Å². The highest BCUT2D eigenvalue weighted by Gasteiger charge is 2.05. The fraction of sp³-hybridized carbons (Fsp3) is 0.444. The van der Waals surface area contributed by atoms with Gasteiger partial charge in [-0.25, -0.2) is 4.98 Å². The molecule has 1 aromatic rings. The van der Waals surface area contributed by atoms with Gasteiger partial charge in [0.2, 0.25) is 0 Å². The highest BCUT2D eigenvalue weighted by atomic mass is 79.9. The number of hydrogen-bond donors (Lipinski definition) is 1. The second kappa shape index (κ2) is 4.58. The number of nitrogens with two attached hydrogens (primary N) is 1. The third kappa shape index (κ3) is 2.57. The van der Waals surface area contributed by atoms with Crippen LogP contribution < -0.4 is 5.73 Å². The van der Waals surface area contributed by atoms with E-state index in [0.29, 0.717) is 5.92 Å². The molecule has 0 spiro atoms. The van der Waals surface area contributed by atoms with Crippen LogP contribution in [-0.4, -0.2) is 11.5 Å². The van der Waals surface area contributed by atoms with Crippen molar-refractivity contribution in [3.8, 4) is 0 Å². The van der Waals surface area contributed by atoms with Gasteiger partial charge in [0.25, 0.3) is 0 Å². The van der Waals surface area contributed by atoms with Gasteiger partial charge in [-0.2, -0.15) is 0 Å². The fourth-order valence-corrected chi connectivity index (χ4v) is 1.45. The van der Waals surface area contributed by atoms with E-state index in [4.69, 9.17) is 5.73 Å². The SMILES string of the molecule is CC(CCN)c1cccc(Br)n1. The minimum Gasteiger partial charge on any atom is -0.330 e. The zero-order chi connectivity index (χ0) is 8.97. The Labute approximate surface area is 81.3 Å². The van der Waals surface area contributed by atoms with E-state index in [0.717, 1.165) is 23.3 Å². The summed E-state index contributed by atoms with van der Waals surface area (Å²) in [6.07, 6.45) is 0.990. The molecule has 0 aliphatic heterocycles. The minimum atomic E-state index is 0.451. The Morgan fingerprint density at radius 2 is 2.33 bits per heavy atom. The number of halogens is 1. The molecule has 12 heavy (non-hydrogen) atoms. The van der Waals surface area contributed by atoms with E-state index in [1.54, 1.807) is 0 Å². The molecule has 66 valence electrons. The molecule has 0 radical (unpaired) electrons. The lowest BCUT2D eigenvalue weighted by Crippen LogP contribution is -2.05. The Balaban J connectivity index is 2.73. The lowest BCUT2D eigenvalue weighted by atomic mass is 10.0. The van der Waals surface area contributed by atoms with E-state index in [1.165, 1.54) is 0 Å². The summed E-state index contributed by atoms with van der Waals surface area (Å²) in [4.78, 5) is 4.35. The van der Waals surface area contributed by atoms with Crippen molar-refractivity contribution in [3.63, 3.8) is 0 Å². The lowest BCUT2D eigenvalue weighted by Gasteiger charge is -2.08. The smallest absolute Gasteiger partial charge is 0.106 e. The molecule has 2 N–H and O–H groups in total. The maximum Gasteiger partial charge on any atom is 0.106 e. The average molecular weight is 229 g/mol. The first kappa shape index (κ1) is 9.68. The molecule has 0 aliphatic rings. The van der Waals surface area contributed by atoms with E-state index in [2.05, 4.69) is 27.8 Å². The van der Waals surface area contributed by atoms with Crippen LogP contribution in [0.25, 0.3) is 0 Å². The molecule has 1 heterocycles. The maximum atomic E-state index is 5.47. The topological polar surface area (TPSA) is 38.9 Å². The van der Waals surface area contributed by atoms with E-state index < -0.39 is 0 Å². The summed E-state index contributed by atoms with van der Waals surface area (Å²) < 4.78 is 0.892. The van der Waals surface area contributed by atoms with Crippen LogP contribution in [0.1, 0.15) is 25.0 Å². The van der Waals surface area contributed by atoms with Gasteiger partial charge in [0.15, 0.2) is 0 Å². The standard InChI is InChI=1S/C9H13BrN2/c1-7(5-6-11)8-3-2-4-9(10)12-8/h2-4,7H,5-6,11H2,1H3. The Hall–Kier alpha value is -0.410. The zero-order valence-electron chi connectivity index (χ0n) is 7.13. The van der Waals surface area contributed by atoms with Crippen LogP contribution in [0.4, 0.5) is 0 Å². The summed E-state index contributed by atoms with van der Waals surface area (Å²) in [6, 6.07) is 5.96. The molecular formula is C9H13BrN2. The third-order valence-electron chi connectivity index (χ3n) is 1.84. The van der Waals surface area contributed by atoms with Crippen molar-refractivity contribution >= 4 is 15.9 Å². The number of nitrogens with zero attached hydrogens (tertiary/aromatic N) is 1. The molecule has 1 rings (SSSR count). The van der Waals surface area contributed by atoms with Gasteiger partial charge in [0, 0.05) is 5.69 Å². The second-order valence-electron chi connectivity index (χ2n) is 2.86. The fourth-order valence-electron chi connectivity index (χ4n) is 1.10. The first-order chi connectivity index (χ1) is 5.74. The van der Waals surface area contributed by atoms with Gasteiger partial charge in [0.1, 0.15) is 4.60 Å². The molecule has 0 fully saturated rings. The molecule has 0 aliphatic carbocycles. The van der Waals surface area contributed by atoms with E-state index in [1.807, 2.05) is 18.2 Å². The normalized spacial score (nSPS) is 12.9. The maximum absolute atomic E-state index is 5.47. The number of hydrogen-bond acceptors (Lipinski definition) is 2. The molecule has 2 nitrogen and oxygen atoms in total. The van der Waals surface area contributed by atoms with Gasteiger partial charge < -0.3 is 5.73 Å². The van der Waals surface area contributed by atoms with Crippen molar-refractivity contribution in [2.75, 3.05) is 6.54 Å². The molecule has 0 aromatic carbocycles. The van der Waals surface area contributed by atoms with Gasteiger partial charge >= 0.3 is 0 Å². The largest absolute Gasteiger partial charge is 0.330 e. The first-order valence-corrected chi connectivity index (χ1v) is 4.86. The molecule has 0 amide bonds. The molecule has 0 saturated carbocycles.